The second kappa shape index (κ2) is 12.6. The Morgan fingerprint density at radius 1 is 0.404 bits per heavy atom. The number of benzene rings is 8. The summed E-state index contributed by atoms with van der Waals surface area (Å²) in [5.41, 5.74) is 10.1. The lowest BCUT2D eigenvalue weighted by atomic mass is 9.98. The Labute approximate surface area is 330 Å². The molecule has 5 nitrogen and oxygen atoms in total. The van der Waals surface area contributed by atoms with Crippen molar-refractivity contribution in [2.75, 3.05) is 0 Å². The van der Waals surface area contributed by atoms with Gasteiger partial charge in [-0.1, -0.05) is 133 Å². The number of hydrogen-bond donors (Lipinski definition) is 0. The van der Waals surface area contributed by atoms with Gasteiger partial charge in [0.1, 0.15) is 11.2 Å². The summed E-state index contributed by atoms with van der Waals surface area (Å²) in [4.78, 5) is 15.0. The highest BCUT2D eigenvalue weighted by atomic mass is 32.1. The molecule has 0 aliphatic rings. The van der Waals surface area contributed by atoms with Gasteiger partial charge in [-0.15, -0.1) is 11.3 Å². The van der Waals surface area contributed by atoms with Gasteiger partial charge in [-0.05, 0) is 59.7 Å². The van der Waals surface area contributed by atoms with Crippen LogP contribution in [0.5, 0.6) is 0 Å². The molecular weight excluding hydrogens is 717 g/mol. The summed E-state index contributed by atoms with van der Waals surface area (Å²) in [6.07, 6.45) is 0. The van der Waals surface area contributed by atoms with Crippen molar-refractivity contribution in [3.63, 3.8) is 0 Å². The van der Waals surface area contributed by atoms with Gasteiger partial charge in [-0.3, -0.25) is 0 Å². The van der Waals surface area contributed by atoms with E-state index in [4.69, 9.17) is 19.4 Å². The van der Waals surface area contributed by atoms with E-state index >= 15 is 0 Å². The first-order valence-electron chi connectivity index (χ1n) is 19.0. The minimum Gasteiger partial charge on any atom is -0.455 e. The molecule has 0 saturated heterocycles. The van der Waals surface area contributed by atoms with Gasteiger partial charge in [-0.2, -0.15) is 0 Å². The van der Waals surface area contributed by atoms with Crippen molar-refractivity contribution in [1.29, 1.82) is 0 Å². The molecule has 6 heteroatoms. The molecule has 0 radical (unpaired) electrons. The van der Waals surface area contributed by atoms with Gasteiger partial charge in [-0.25, -0.2) is 15.0 Å². The molecule has 57 heavy (non-hydrogen) atoms. The lowest BCUT2D eigenvalue weighted by Gasteiger charge is -2.09. The average molecular weight is 747 g/mol. The lowest BCUT2D eigenvalue weighted by molar-refractivity contribution is 0.669. The van der Waals surface area contributed by atoms with E-state index in [2.05, 4.69) is 120 Å². The third-order valence-corrected chi connectivity index (χ3v) is 12.2. The first kappa shape index (κ1) is 31.9. The zero-order valence-electron chi connectivity index (χ0n) is 30.4. The molecule has 0 saturated carbocycles. The molecule has 4 heterocycles. The van der Waals surface area contributed by atoms with Crippen molar-refractivity contribution in [3.8, 4) is 51.0 Å². The van der Waals surface area contributed by atoms with Crippen LogP contribution in [0.25, 0.3) is 115 Å². The van der Waals surface area contributed by atoms with Crippen molar-refractivity contribution in [2.45, 2.75) is 0 Å². The van der Waals surface area contributed by atoms with E-state index in [-0.39, 0.29) is 0 Å². The molecule has 12 aromatic rings. The smallest absolute Gasteiger partial charge is 0.167 e. The first-order valence-corrected chi connectivity index (χ1v) is 19.8. The largest absolute Gasteiger partial charge is 0.455 e. The Bertz CT molecular complexity index is 3420. The van der Waals surface area contributed by atoms with Gasteiger partial charge >= 0.3 is 0 Å². The van der Waals surface area contributed by atoms with Crippen LogP contribution in [0.2, 0.25) is 0 Å². The summed E-state index contributed by atoms with van der Waals surface area (Å²) in [5, 5.41) is 7.15. The molecule has 8 aromatic carbocycles. The maximum absolute atomic E-state index is 6.74. The van der Waals surface area contributed by atoms with Crippen LogP contribution in [0.15, 0.2) is 186 Å². The van der Waals surface area contributed by atoms with Gasteiger partial charge in [0.25, 0.3) is 0 Å². The average Bonchev–Trinajstić information content (AvgIpc) is 3.96. The van der Waals surface area contributed by atoms with E-state index in [0.29, 0.717) is 17.5 Å². The molecule has 266 valence electrons. The summed E-state index contributed by atoms with van der Waals surface area (Å²) in [6, 6.07) is 63.8. The summed E-state index contributed by atoms with van der Waals surface area (Å²) in [5.74, 6) is 1.81. The van der Waals surface area contributed by atoms with Crippen molar-refractivity contribution in [3.05, 3.63) is 182 Å². The van der Waals surface area contributed by atoms with Crippen LogP contribution in [0.1, 0.15) is 0 Å². The number of rotatable bonds is 5. The topological polar surface area (TPSA) is 56.7 Å². The molecule has 4 aromatic heterocycles. The number of fused-ring (bicyclic) bond motifs is 9. The van der Waals surface area contributed by atoms with Crippen LogP contribution in [-0.4, -0.2) is 19.5 Å². The minimum atomic E-state index is 0.570. The SMILES string of the molecule is c1ccc(-c2nc(-c3ccccc3)nc(-c3cccc4c3oc3cccc(-c5ccc6c(c5)sc5ccc(-n7c8ccccc8c8ccccc87)cc56)c34)n2)cc1. The third-order valence-electron chi connectivity index (χ3n) is 11.1. The summed E-state index contributed by atoms with van der Waals surface area (Å²) >= 11 is 1.84. The number of hydrogen-bond acceptors (Lipinski definition) is 5. The number of aromatic nitrogens is 4. The van der Waals surface area contributed by atoms with Gasteiger partial charge in [0, 0.05) is 58.5 Å². The van der Waals surface area contributed by atoms with Gasteiger partial charge in [0.2, 0.25) is 0 Å². The van der Waals surface area contributed by atoms with Crippen LogP contribution in [-0.2, 0) is 0 Å². The van der Waals surface area contributed by atoms with E-state index in [0.717, 1.165) is 49.8 Å². The molecule has 0 fully saturated rings. The molecule has 0 spiro atoms. The van der Waals surface area contributed by atoms with E-state index in [1.54, 1.807) is 0 Å². The summed E-state index contributed by atoms with van der Waals surface area (Å²) in [6.45, 7) is 0. The van der Waals surface area contributed by atoms with E-state index in [1.807, 2.05) is 78.1 Å². The van der Waals surface area contributed by atoms with E-state index < -0.39 is 0 Å². The first-order chi connectivity index (χ1) is 28.2. The van der Waals surface area contributed by atoms with Crippen molar-refractivity contribution < 1.29 is 4.42 Å². The van der Waals surface area contributed by atoms with Crippen molar-refractivity contribution in [1.82, 2.24) is 19.5 Å². The minimum absolute atomic E-state index is 0.570. The fraction of sp³-hybridized carbons (Fsp3) is 0. The predicted molar refractivity (Wildman–Crippen MR) is 236 cm³/mol. The quantitative estimate of drug-likeness (QED) is 0.176. The highest BCUT2D eigenvalue weighted by Gasteiger charge is 2.20. The maximum atomic E-state index is 6.74. The zero-order valence-corrected chi connectivity index (χ0v) is 31.2. The molecule has 0 amide bonds. The Morgan fingerprint density at radius 2 is 1.02 bits per heavy atom. The summed E-state index contributed by atoms with van der Waals surface area (Å²) in [7, 11) is 0. The molecule has 12 rings (SSSR count). The molecule has 0 atom stereocenters. The Kier molecular flexibility index (Phi) is 7.03. The van der Waals surface area contributed by atoms with Gasteiger partial charge < -0.3 is 8.98 Å². The molecule has 0 aliphatic carbocycles. The van der Waals surface area contributed by atoms with Crippen LogP contribution in [0.4, 0.5) is 0 Å². The van der Waals surface area contributed by atoms with E-state index in [9.17, 15) is 0 Å². The lowest BCUT2D eigenvalue weighted by Crippen LogP contribution is -2.00. The summed E-state index contributed by atoms with van der Waals surface area (Å²) < 4.78 is 11.6. The molecule has 0 bridgehead atoms. The van der Waals surface area contributed by atoms with Crippen LogP contribution < -0.4 is 0 Å². The normalized spacial score (nSPS) is 11.9. The zero-order chi connectivity index (χ0) is 37.5. The number of nitrogens with zero attached hydrogens (tertiary/aromatic N) is 4. The van der Waals surface area contributed by atoms with Crippen LogP contribution in [0, 0.1) is 0 Å². The van der Waals surface area contributed by atoms with E-state index in [1.165, 1.54) is 47.7 Å². The molecular formula is C51H30N4OS. The maximum Gasteiger partial charge on any atom is 0.167 e. The van der Waals surface area contributed by atoms with Crippen molar-refractivity contribution in [2.24, 2.45) is 0 Å². The third kappa shape index (κ3) is 5.04. The molecule has 0 N–H and O–H groups in total. The molecule has 0 unspecified atom stereocenters. The Hall–Kier alpha value is -7.41. The fourth-order valence-electron chi connectivity index (χ4n) is 8.47. The standard InChI is InChI=1S/C51H30N4OS/c1-3-13-31(14-4-1)49-52-50(32-15-5-2-6-16-32)54-51(53-49)40-21-11-20-39-47-35(19-12-24-44(47)56-48(39)40)33-25-27-38-41-30-34(26-28-45(41)57-46(38)29-33)55-42-22-9-7-17-36(42)37-18-8-10-23-43(37)55/h1-30H. The highest BCUT2D eigenvalue weighted by molar-refractivity contribution is 7.25. The monoisotopic (exact) mass is 746 g/mol. The Balaban J connectivity index is 0.997. The highest BCUT2D eigenvalue weighted by Crippen LogP contribution is 2.43. The van der Waals surface area contributed by atoms with Crippen LogP contribution >= 0.6 is 11.3 Å². The number of furan rings is 1. The van der Waals surface area contributed by atoms with Crippen molar-refractivity contribution >= 4 is 75.3 Å². The van der Waals surface area contributed by atoms with Crippen LogP contribution in [0.3, 0.4) is 0 Å². The number of para-hydroxylation sites is 3. The van der Waals surface area contributed by atoms with Gasteiger partial charge in [0.05, 0.1) is 16.6 Å². The molecule has 0 aliphatic heterocycles. The van der Waals surface area contributed by atoms with Gasteiger partial charge in [0.15, 0.2) is 17.5 Å². The Morgan fingerprint density at radius 3 is 1.74 bits per heavy atom. The number of thiophene rings is 1. The second-order valence-corrected chi connectivity index (χ2v) is 15.4. The second-order valence-electron chi connectivity index (χ2n) is 14.4. The fourth-order valence-corrected chi connectivity index (χ4v) is 9.59. The predicted octanol–water partition coefficient (Wildman–Crippen LogP) is 13.9.